The molecule has 0 saturated heterocycles. The molecular weight excluding hydrogens is 212 g/mol. The minimum atomic E-state index is -0.922. The van der Waals surface area contributed by atoms with Crippen LogP contribution in [0.1, 0.15) is 64.2 Å². The molecule has 0 fully saturated rings. The summed E-state index contributed by atoms with van der Waals surface area (Å²) in [6, 6.07) is 0. The molecule has 0 radical (unpaired) electrons. The van der Waals surface area contributed by atoms with Gasteiger partial charge in [-0.1, -0.05) is 26.8 Å². The molecule has 0 atom stereocenters. The van der Waals surface area contributed by atoms with Gasteiger partial charge in [0.2, 0.25) is 0 Å². The van der Waals surface area contributed by atoms with Crippen molar-refractivity contribution in [3.8, 4) is 0 Å². The fourth-order valence-corrected chi connectivity index (χ4v) is 1.90. The summed E-state index contributed by atoms with van der Waals surface area (Å²) in [5.41, 5.74) is 1.75. The SMILES string of the molecule is C=C(CCC)c1[nH]c(CCC)nc1C(C)(C)O. The zero-order chi connectivity index (χ0) is 13.1. The first kappa shape index (κ1) is 14.0. The summed E-state index contributed by atoms with van der Waals surface area (Å²) in [5, 5.41) is 10.1. The Morgan fingerprint density at radius 3 is 2.47 bits per heavy atom. The normalized spacial score (nSPS) is 11.8. The number of nitrogens with one attached hydrogen (secondary N) is 1. The fraction of sp³-hybridized carbons (Fsp3) is 0.643. The van der Waals surface area contributed by atoms with Crippen molar-refractivity contribution in [1.82, 2.24) is 9.97 Å². The molecule has 1 aromatic heterocycles. The molecule has 3 nitrogen and oxygen atoms in total. The van der Waals surface area contributed by atoms with E-state index in [0.29, 0.717) is 0 Å². The quantitative estimate of drug-likeness (QED) is 0.795. The Balaban J connectivity index is 3.12. The maximum Gasteiger partial charge on any atom is 0.106 e. The van der Waals surface area contributed by atoms with Crippen LogP contribution < -0.4 is 0 Å². The van der Waals surface area contributed by atoms with Crippen molar-refractivity contribution in [3.63, 3.8) is 0 Å². The molecule has 2 N–H and O–H groups in total. The van der Waals surface area contributed by atoms with E-state index in [1.165, 1.54) is 0 Å². The Morgan fingerprint density at radius 1 is 1.35 bits per heavy atom. The third-order valence-corrected chi connectivity index (χ3v) is 2.72. The number of hydrogen-bond donors (Lipinski definition) is 2. The van der Waals surface area contributed by atoms with Crippen molar-refractivity contribution < 1.29 is 5.11 Å². The van der Waals surface area contributed by atoms with Crippen molar-refractivity contribution in [2.45, 2.75) is 59.0 Å². The molecule has 0 spiro atoms. The molecule has 0 amide bonds. The van der Waals surface area contributed by atoms with Crippen molar-refractivity contribution >= 4 is 5.57 Å². The number of aliphatic hydroxyl groups is 1. The van der Waals surface area contributed by atoms with E-state index in [-0.39, 0.29) is 0 Å². The number of imidazole rings is 1. The highest BCUT2D eigenvalue weighted by atomic mass is 16.3. The number of aromatic amines is 1. The summed E-state index contributed by atoms with van der Waals surface area (Å²) in [4.78, 5) is 7.81. The second-order valence-electron chi connectivity index (χ2n) is 5.07. The molecule has 1 aromatic rings. The molecule has 0 aliphatic carbocycles. The summed E-state index contributed by atoms with van der Waals surface area (Å²) in [5.74, 6) is 0.942. The number of aryl methyl sites for hydroxylation is 1. The molecule has 0 saturated carbocycles. The van der Waals surface area contributed by atoms with Gasteiger partial charge in [0.05, 0.1) is 11.4 Å². The van der Waals surface area contributed by atoms with Crippen LogP contribution in [-0.2, 0) is 12.0 Å². The third kappa shape index (κ3) is 3.43. The summed E-state index contributed by atoms with van der Waals surface area (Å²) in [6.07, 6.45) is 3.92. The van der Waals surface area contributed by atoms with Crippen LogP contribution in [0, 0.1) is 0 Å². The Bertz CT molecular complexity index is 385. The molecule has 1 heterocycles. The lowest BCUT2D eigenvalue weighted by molar-refractivity contribution is 0.0739. The highest BCUT2D eigenvalue weighted by Gasteiger charge is 2.25. The van der Waals surface area contributed by atoms with Crippen molar-refractivity contribution in [2.75, 3.05) is 0 Å². The van der Waals surface area contributed by atoms with Gasteiger partial charge >= 0.3 is 0 Å². The van der Waals surface area contributed by atoms with Crippen LogP contribution in [0.3, 0.4) is 0 Å². The van der Waals surface area contributed by atoms with Gasteiger partial charge < -0.3 is 10.1 Å². The maximum atomic E-state index is 10.1. The van der Waals surface area contributed by atoms with E-state index >= 15 is 0 Å². The Kier molecular flexibility index (Phi) is 4.52. The molecule has 0 aromatic carbocycles. The van der Waals surface area contributed by atoms with Gasteiger partial charge in [-0.3, -0.25) is 0 Å². The smallest absolute Gasteiger partial charge is 0.106 e. The van der Waals surface area contributed by atoms with Crippen molar-refractivity contribution in [2.24, 2.45) is 0 Å². The van der Waals surface area contributed by atoms with Gasteiger partial charge in [-0.25, -0.2) is 4.98 Å². The first-order valence-electron chi connectivity index (χ1n) is 6.40. The van der Waals surface area contributed by atoms with Crippen LogP contribution in [0.2, 0.25) is 0 Å². The minimum Gasteiger partial charge on any atom is -0.384 e. The van der Waals surface area contributed by atoms with Crippen molar-refractivity contribution in [3.05, 3.63) is 23.8 Å². The standard InChI is InChI=1S/C14H24N2O/c1-6-8-10(3)12-13(14(4,5)17)16-11(15-12)9-7-2/h17H,3,6-9H2,1-2,4-5H3,(H,15,16). The van der Waals surface area contributed by atoms with Crippen LogP contribution >= 0.6 is 0 Å². The molecule has 0 aliphatic rings. The van der Waals surface area contributed by atoms with Crippen LogP contribution in [0.5, 0.6) is 0 Å². The van der Waals surface area contributed by atoms with Crippen molar-refractivity contribution in [1.29, 1.82) is 0 Å². The number of allylic oxidation sites excluding steroid dienone is 1. The van der Waals surface area contributed by atoms with Crippen LogP contribution in [0.25, 0.3) is 5.57 Å². The third-order valence-electron chi connectivity index (χ3n) is 2.72. The van der Waals surface area contributed by atoms with E-state index in [2.05, 4.69) is 30.4 Å². The first-order valence-corrected chi connectivity index (χ1v) is 6.40. The Hall–Kier alpha value is -1.09. The molecule has 1 rings (SSSR count). The van der Waals surface area contributed by atoms with Crippen LogP contribution in [-0.4, -0.2) is 15.1 Å². The lowest BCUT2D eigenvalue weighted by Gasteiger charge is -2.17. The molecule has 17 heavy (non-hydrogen) atoms. The van der Waals surface area contributed by atoms with Gasteiger partial charge in [0.25, 0.3) is 0 Å². The van der Waals surface area contributed by atoms with Gasteiger partial charge in [0, 0.05) is 6.42 Å². The summed E-state index contributed by atoms with van der Waals surface area (Å²) in [6.45, 7) is 11.9. The molecule has 96 valence electrons. The highest BCUT2D eigenvalue weighted by Crippen LogP contribution is 2.28. The van der Waals surface area contributed by atoms with Crippen LogP contribution in [0.15, 0.2) is 6.58 Å². The first-order chi connectivity index (χ1) is 7.90. The second kappa shape index (κ2) is 5.50. The van der Waals surface area contributed by atoms with E-state index in [1.807, 2.05) is 0 Å². The number of H-pyrrole nitrogens is 1. The second-order valence-corrected chi connectivity index (χ2v) is 5.07. The Morgan fingerprint density at radius 2 is 2.00 bits per heavy atom. The molecule has 3 heteroatoms. The van der Waals surface area contributed by atoms with Gasteiger partial charge in [-0.2, -0.15) is 0 Å². The predicted octanol–water partition coefficient (Wildman–Crippen LogP) is 3.40. The molecule has 0 bridgehead atoms. The lowest BCUT2D eigenvalue weighted by Crippen LogP contribution is -2.18. The predicted molar refractivity (Wildman–Crippen MR) is 71.8 cm³/mol. The average molecular weight is 236 g/mol. The Labute approximate surface area is 104 Å². The zero-order valence-corrected chi connectivity index (χ0v) is 11.4. The van der Waals surface area contributed by atoms with Gasteiger partial charge in [-0.15, -0.1) is 0 Å². The van der Waals surface area contributed by atoms with E-state index in [4.69, 9.17) is 0 Å². The number of hydrogen-bond acceptors (Lipinski definition) is 2. The molecular formula is C14H24N2O. The fourth-order valence-electron chi connectivity index (χ4n) is 1.90. The van der Waals surface area contributed by atoms with Gasteiger partial charge in [0.1, 0.15) is 11.4 Å². The number of rotatable bonds is 6. The topological polar surface area (TPSA) is 48.9 Å². The lowest BCUT2D eigenvalue weighted by atomic mass is 9.98. The number of aromatic nitrogens is 2. The number of nitrogens with zero attached hydrogens (tertiary/aromatic N) is 1. The zero-order valence-electron chi connectivity index (χ0n) is 11.4. The largest absolute Gasteiger partial charge is 0.384 e. The molecule has 0 aliphatic heterocycles. The van der Waals surface area contributed by atoms with Gasteiger partial charge in [0.15, 0.2) is 0 Å². The van der Waals surface area contributed by atoms with E-state index in [1.54, 1.807) is 13.8 Å². The van der Waals surface area contributed by atoms with Gasteiger partial charge in [-0.05, 0) is 32.3 Å². The summed E-state index contributed by atoms with van der Waals surface area (Å²) >= 11 is 0. The van der Waals surface area contributed by atoms with E-state index < -0.39 is 5.60 Å². The average Bonchev–Trinajstić information content (AvgIpc) is 2.62. The maximum absolute atomic E-state index is 10.1. The summed E-state index contributed by atoms with van der Waals surface area (Å²) in [7, 11) is 0. The van der Waals surface area contributed by atoms with E-state index in [0.717, 1.165) is 48.5 Å². The van der Waals surface area contributed by atoms with E-state index in [9.17, 15) is 5.11 Å². The molecule has 0 unspecified atom stereocenters. The highest BCUT2D eigenvalue weighted by molar-refractivity contribution is 5.63. The monoisotopic (exact) mass is 236 g/mol. The summed E-state index contributed by atoms with van der Waals surface area (Å²) < 4.78 is 0. The van der Waals surface area contributed by atoms with Crippen LogP contribution in [0.4, 0.5) is 0 Å². The minimum absolute atomic E-state index is 0.722.